The van der Waals surface area contributed by atoms with Crippen LogP contribution in [0.2, 0.25) is 0 Å². The van der Waals surface area contributed by atoms with Gasteiger partial charge in [0.1, 0.15) is 6.61 Å². The van der Waals surface area contributed by atoms with Gasteiger partial charge >= 0.3 is 5.97 Å². The Bertz CT molecular complexity index is 783. The van der Waals surface area contributed by atoms with Crippen LogP contribution in [0.25, 0.3) is 6.08 Å². The van der Waals surface area contributed by atoms with Crippen molar-refractivity contribution >= 4 is 12.0 Å². The number of carbonyl (C=O) groups excluding carboxylic acids is 1. The molecule has 0 aliphatic carbocycles. The molecular formula is C23H28O4. The van der Waals surface area contributed by atoms with Crippen LogP contribution >= 0.6 is 0 Å². The maximum absolute atomic E-state index is 12.0. The molecule has 0 bridgehead atoms. The van der Waals surface area contributed by atoms with Crippen LogP contribution in [-0.2, 0) is 21.6 Å². The summed E-state index contributed by atoms with van der Waals surface area (Å²) in [6.45, 7) is 8.50. The molecule has 2 aromatic carbocycles. The maximum Gasteiger partial charge on any atom is 0.344 e. The molecule has 0 N–H and O–H groups in total. The SMILES string of the molecule is C/C=C/c1ccc(OCC(=O)OCc2ccc(C(C)(C)C)cc2)c(OC)c1. The van der Waals surface area contributed by atoms with Crippen LogP contribution in [0.1, 0.15) is 44.4 Å². The standard InChI is InChI=1S/C23H28O4/c1-6-7-17-10-13-20(21(14-17)25-5)26-16-22(24)27-15-18-8-11-19(12-9-18)23(2,3)4/h6-14H,15-16H2,1-5H3/b7-6+. The lowest BCUT2D eigenvalue weighted by Crippen LogP contribution is -2.15. The van der Waals surface area contributed by atoms with Gasteiger partial charge in [0.2, 0.25) is 0 Å². The zero-order valence-corrected chi connectivity index (χ0v) is 16.7. The highest BCUT2D eigenvalue weighted by molar-refractivity contribution is 5.71. The van der Waals surface area contributed by atoms with Crippen LogP contribution in [0.3, 0.4) is 0 Å². The van der Waals surface area contributed by atoms with E-state index in [1.165, 1.54) is 5.56 Å². The molecule has 2 aromatic rings. The average Bonchev–Trinajstić information content (AvgIpc) is 2.65. The number of hydrogen-bond donors (Lipinski definition) is 0. The molecule has 0 unspecified atom stereocenters. The number of methoxy groups -OCH3 is 1. The normalized spacial score (nSPS) is 11.4. The van der Waals surface area contributed by atoms with Gasteiger partial charge in [-0.05, 0) is 41.2 Å². The second-order valence-electron chi connectivity index (χ2n) is 7.31. The van der Waals surface area contributed by atoms with Gasteiger partial charge in [-0.15, -0.1) is 0 Å². The van der Waals surface area contributed by atoms with E-state index in [-0.39, 0.29) is 18.6 Å². The van der Waals surface area contributed by atoms with Gasteiger partial charge in [0.15, 0.2) is 18.1 Å². The first-order valence-corrected chi connectivity index (χ1v) is 9.02. The summed E-state index contributed by atoms with van der Waals surface area (Å²) in [5.74, 6) is 0.669. The predicted octanol–water partition coefficient (Wildman–Crippen LogP) is 5.15. The first-order valence-electron chi connectivity index (χ1n) is 9.02. The molecule has 0 atom stereocenters. The minimum absolute atomic E-state index is 0.102. The van der Waals surface area contributed by atoms with E-state index in [0.717, 1.165) is 11.1 Å². The highest BCUT2D eigenvalue weighted by atomic mass is 16.6. The maximum atomic E-state index is 12.0. The summed E-state index contributed by atoms with van der Waals surface area (Å²) in [6, 6.07) is 13.6. The second kappa shape index (κ2) is 9.26. The number of benzene rings is 2. The van der Waals surface area contributed by atoms with Crippen molar-refractivity contribution in [1.82, 2.24) is 0 Å². The molecule has 2 rings (SSSR count). The molecule has 0 amide bonds. The molecule has 0 saturated heterocycles. The zero-order chi connectivity index (χ0) is 19.9. The van der Waals surface area contributed by atoms with Gasteiger partial charge < -0.3 is 14.2 Å². The molecule has 27 heavy (non-hydrogen) atoms. The predicted molar refractivity (Wildman–Crippen MR) is 108 cm³/mol. The first kappa shape index (κ1) is 20.6. The van der Waals surface area contributed by atoms with Crippen molar-refractivity contribution in [1.29, 1.82) is 0 Å². The van der Waals surface area contributed by atoms with Crippen molar-refractivity contribution in [2.24, 2.45) is 0 Å². The Hall–Kier alpha value is -2.75. The molecule has 0 radical (unpaired) electrons. The first-order chi connectivity index (χ1) is 12.8. The summed E-state index contributed by atoms with van der Waals surface area (Å²) in [5, 5.41) is 0. The molecule has 0 spiro atoms. The number of rotatable bonds is 7. The zero-order valence-electron chi connectivity index (χ0n) is 16.7. The van der Waals surface area contributed by atoms with Crippen LogP contribution < -0.4 is 9.47 Å². The van der Waals surface area contributed by atoms with Gasteiger partial charge in [0.25, 0.3) is 0 Å². The minimum atomic E-state index is -0.422. The molecule has 0 heterocycles. The molecular weight excluding hydrogens is 340 g/mol. The Balaban J connectivity index is 1.87. The summed E-state index contributed by atoms with van der Waals surface area (Å²) in [6.07, 6.45) is 3.91. The topological polar surface area (TPSA) is 44.8 Å². The fraction of sp³-hybridized carbons (Fsp3) is 0.348. The highest BCUT2D eigenvalue weighted by Gasteiger charge is 2.13. The Labute approximate surface area is 161 Å². The molecule has 0 fully saturated rings. The molecule has 0 aliphatic heterocycles. The van der Waals surface area contributed by atoms with Crippen molar-refractivity contribution in [3.8, 4) is 11.5 Å². The van der Waals surface area contributed by atoms with E-state index in [0.29, 0.717) is 11.5 Å². The van der Waals surface area contributed by atoms with E-state index in [9.17, 15) is 4.79 Å². The number of carbonyl (C=O) groups is 1. The largest absolute Gasteiger partial charge is 0.493 e. The quantitative estimate of drug-likeness (QED) is 0.634. The summed E-state index contributed by atoms with van der Waals surface area (Å²) >= 11 is 0. The lowest BCUT2D eigenvalue weighted by atomic mass is 9.87. The van der Waals surface area contributed by atoms with Gasteiger partial charge in [0, 0.05) is 0 Å². The van der Waals surface area contributed by atoms with Crippen molar-refractivity contribution in [3.63, 3.8) is 0 Å². The van der Waals surface area contributed by atoms with E-state index in [1.807, 2.05) is 43.3 Å². The van der Waals surface area contributed by atoms with Gasteiger partial charge in [-0.25, -0.2) is 4.79 Å². The van der Waals surface area contributed by atoms with Crippen molar-refractivity contribution < 1.29 is 19.0 Å². The van der Waals surface area contributed by atoms with Gasteiger partial charge in [-0.2, -0.15) is 0 Å². The molecule has 0 saturated carbocycles. The highest BCUT2D eigenvalue weighted by Crippen LogP contribution is 2.28. The fourth-order valence-corrected chi connectivity index (χ4v) is 2.54. The third-order valence-corrected chi connectivity index (χ3v) is 4.11. The van der Waals surface area contributed by atoms with Crippen molar-refractivity contribution in [2.45, 2.75) is 39.7 Å². The second-order valence-corrected chi connectivity index (χ2v) is 7.31. The van der Waals surface area contributed by atoms with Crippen LogP contribution in [0.5, 0.6) is 11.5 Å². The number of hydrogen-bond acceptors (Lipinski definition) is 4. The summed E-state index contributed by atoms with van der Waals surface area (Å²) in [5.41, 5.74) is 3.30. The van der Waals surface area contributed by atoms with Crippen LogP contribution in [-0.4, -0.2) is 19.7 Å². The molecule has 0 aliphatic rings. The monoisotopic (exact) mass is 368 g/mol. The smallest absolute Gasteiger partial charge is 0.344 e. The number of allylic oxidation sites excluding steroid dienone is 1. The Morgan fingerprint density at radius 1 is 1.04 bits per heavy atom. The Morgan fingerprint density at radius 2 is 1.74 bits per heavy atom. The Morgan fingerprint density at radius 3 is 2.33 bits per heavy atom. The van der Waals surface area contributed by atoms with E-state index in [1.54, 1.807) is 13.2 Å². The van der Waals surface area contributed by atoms with E-state index < -0.39 is 5.97 Å². The van der Waals surface area contributed by atoms with Gasteiger partial charge in [0.05, 0.1) is 7.11 Å². The van der Waals surface area contributed by atoms with Gasteiger partial charge in [-0.3, -0.25) is 0 Å². The summed E-state index contributed by atoms with van der Waals surface area (Å²) in [7, 11) is 1.57. The number of ether oxygens (including phenoxy) is 3. The van der Waals surface area contributed by atoms with E-state index in [2.05, 4.69) is 32.9 Å². The average molecular weight is 368 g/mol. The minimum Gasteiger partial charge on any atom is -0.493 e. The van der Waals surface area contributed by atoms with Gasteiger partial charge in [-0.1, -0.05) is 63.3 Å². The van der Waals surface area contributed by atoms with Crippen molar-refractivity contribution in [3.05, 3.63) is 65.2 Å². The molecule has 0 aromatic heterocycles. The summed E-state index contributed by atoms with van der Waals surface area (Å²) < 4.78 is 16.2. The lowest BCUT2D eigenvalue weighted by Gasteiger charge is -2.19. The Kier molecular flexibility index (Phi) is 7.05. The molecule has 4 nitrogen and oxygen atoms in total. The van der Waals surface area contributed by atoms with Crippen LogP contribution in [0.15, 0.2) is 48.5 Å². The summed E-state index contributed by atoms with van der Waals surface area (Å²) in [4.78, 5) is 12.0. The third kappa shape index (κ3) is 6.17. The molecule has 4 heteroatoms. The van der Waals surface area contributed by atoms with Crippen LogP contribution in [0.4, 0.5) is 0 Å². The molecule has 144 valence electrons. The lowest BCUT2D eigenvalue weighted by molar-refractivity contribution is -0.147. The van der Waals surface area contributed by atoms with E-state index >= 15 is 0 Å². The third-order valence-electron chi connectivity index (χ3n) is 4.11. The number of esters is 1. The van der Waals surface area contributed by atoms with E-state index in [4.69, 9.17) is 14.2 Å². The van der Waals surface area contributed by atoms with Crippen molar-refractivity contribution in [2.75, 3.05) is 13.7 Å². The fourth-order valence-electron chi connectivity index (χ4n) is 2.54. The van der Waals surface area contributed by atoms with Crippen LogP contribution in [0, 0.1) is 0 Å².